The maximum Gasteiger partial charge on any atom is 0.265 e. The lowest BCUT2D eigenvalue weighted by molar-refractivity contribution is -0.113. The van der Waals surface area contributed by atoms with Gasteiger partial charge in [-0.05, 0) is 23.5 Å². The quantitative estimate of drug-likeness (QED) is 0.567. The highest BCUT2D eigenvalue weighted by atomic mass is 32.2. The lowest BCUT2D eigenvalue weighted by Crippen LogP contribution is -2.21. The smallest absolute Gasteiger partial charge is 0.265 e. The standard InChI is InChI=1S/C14H20O4S/c1-11(2)8-12-4-6-13(7-5-12)9-14(10-15)18-19(3,16)17/h4-7,10-11,14H,8-9H2,1-3H3. The Balaban J connectivity index is 2.68. The van der Waals surface area contributed by atoms with Crippen LogP contribution in [0.15, 0.2) is 24.3 Å². The van der Waals surface area contributed by atoms with E-state index >= 15 is 0 Å². The van der Waals surface area contributed by atoms with Gasteiger partial charge in [-0.25, -0.2) is 0 Å². The van der Waals surface area contributed by atoms with Crippen LogP contribution in [0.1, 0.15) is 25.0 Å². The molecule has 0 amide bonds. The van der Waals surface area contributed by atoms with Gasteiger partial charge in [-0.3, -0.25) is 4.18 Å². The SMILES string of the molecule is CC(C)Cc1ccc(CC(C=O)OS(C)(=O)=O)cc1. The van der Waals surface area contributed by atoms with Crippen LogP contribution in [-0.2, 0) is 31.9 Å². The van der Waals surface area contributed by atoms with Crippen LogP contribution in [-0.4, -0.2) is 27.1 Å². The van der Waals surface area contributed by atoms with Crippen molar-refractivity contribution in [1.82, 2.24) is 0 Å². The molecule has 5 heteroatoms. The summed E-state index contributed by atoms with van der Waals surface area (Å²) in [4.78, 5) is 10.8. The van der Waals surface area contributed by atoms with Crippen molar-refractivity contribution >= 4 is 16.4 Å². The predicted octanol–water partition coefficient (Wildman–Crippen LogP) is 1.97. The largest absolute Gasteiger partial charge is 0.300 e. The number of aldehydes is 1. The molecule has 0 radical (unpaired) electrons. The van der Waals surface area contributed by atoms with E-state index < -0.39 is 16.2 Å². The van der Waals surface area contributed by atoms with E-state index in [-0.39, 0.29) is 6.42 Å². The lowest BCUT2D eigenvalue weighted by Gasteiger charge is -2.11. The molecule has 1 aromatic carbocycles. The zero-order chi connectivity index (χ0) is 14.5. The summed E-state index contributed by atoms with van der Waals surface area (Å²) in [6.45, 7) is 4.30. The fourth-order valence-corrected chi connectivity index (χ4v) is 2.41. The minimum atomic E-state index is -3.61. The van der Waals surface area contributed by atoms with Crippen LogP contribution in [0.4, 0.5) is 0 Å². The molecule has 0 bridgehead atoms. The number of carbonyl (C=O) groups is 1. The summed E-state index contributed by atoms with van der Waals surface area (Å²) in [6.07, 6.45) is 1.76. The summed E-state index contributed by atoms with van der Waals surface area (Å²) in [6, 6.07) is 7.80. The molecule has 0 aliphatic carbocycles. The van der Waals surface area contributed by atoms with E-state index in [4.69, 9.17) is 0 Å². The minimum Gasteiger partial charge on any atom is -0.300 e. The van der Waals surface area contributed by atoms with Gasteiger partial charge in [0.15, 0.2) is 6.29 Å². The first-order valence-corrected chi connectivity index (χ1v) is 8.03. The molecule has 0 heterocycles. The Kier molecular flexibility index (Phi) is 5.69. The Labute approximate surface area is 114 Å². The highest BCUT2D eigenvalue weighted by molar-refractivity contribution is 7.86. The Morgan fingerprint density at radius 2 is 1.58 bits per heavy atom. The second-order valence-electron chi connectivity index (χ2n) is 5.09. The number of carbonyl (C=O) groups excluding carboxylic acids is 1. The molecule has 1 aromatic rings. The molecule has 0 saturated heterocycles. The fourth-order valence-electron chi connectivity index (χ4n) is 1.84. The molecule has 0 aliphatic rings. The van der Waals surface area contributed by atoms with Gasteiger partial charge in [0.1, 0.15) is 6.10 Å². The average Bonchev–Trinajstić information content (AvgIpc) is 2.28. The maximum atomic E-state index is 11.0. The molecule has 1 unspecified atom stereocenters. The second-order valence-corrected chi connectivity index (χ2v) is 6.69. The molecule has 0 N–H and O–H groups in total. The number of benzene rings is 1. The summed E-state index contributed by atoms with van der Waals surface area (Å²) in [7, 11) is -3.61. The molecule has 0 spiro atoms. The number of hydrogen-bond donors (Lipinski definition) is 0. The maximum absolute atomic E-state index is 11.0. The van der Waals surface area contributed by atoms with Crippen LogP contribution in [0.3, 0.4) is 0 Å². The first-order chi connectivity index (χ1) is 8.80. The van der Waals surface area contributed by atoms with Crippen molar-refractivity contribution in [3.63, 3.8) is 0 Å². The van der Waals surface area contributed by atoms with Crippen molar-refractivity contribution in [2.75, 3.05) is 6.26 Å². The second kappa shape index (κ2) is 6.82. The van der Waals surface area contributed by atoms with Crippen molar-refractivity contribution in [3.8, 4) is 0 Å². The Bertz CT molecular complexity index is 503. The molecular weight excluding hydrogens is 264 g/mol. The summed E-state index contributed by atoms with van der Waals surface area (Å²) in [5.74, 6) is 0.585. The Hall–Kier alpha value is -1.20. The van der Waals surface area contributed by atoms with Gasteiger partial charge in [-0.2, -0.15) is 8.42 Å². The predicted molar refractivity (Wildman–Crippen MR) is 74.5 cm³/mol. The minimum absolute atomic E-state index is 0.262. The van der Waals surface area contributed by atoms with Gasteiger partial charge in [-0.1, -0.05) is 38.1 Å². The third-order valence-corrected chi connectivity index (χ3v) is 3.15. The van der Waals surface area contributed by atoms with E-state index in [0.29, 0.717) is 12.2 Å². The normalized spacial score (nSPS) is 13.5. The topological polar surface area (TPSA) is 60.4 Å². The molecule has 0 saturated carbocycles. The van der Waals surface area contributed by atoms with Crippen molar-refractivity contribution in [1.29, 1.82) is 0 Å². The Morgan fingerprint density at radius 3 is 1.95 bits per heavy atom. The third-order valence-electron chi connectivity index (χ3n) is 2.55. The monoisotopic (exact) mass is 284 g/mol. The zero-order valence-electron chi connectivity index (χ0n) is 11.5. The summed E-state index contributed by atoms with van der Waals surface area (Å²) in [5.41, 5.74) is 2.11. The van der Waals surface area contributed by atoms with Crippen LogP contribution in [0, 0.1) is 5.92 Å². The highest BCUT2D eigenvalue weighted by Gasteiger charge is 2.15. The first kappa shape index (κ1) is 15.9. The highest BCUT2D eigenvalue weighted by Crippen LogP contribution is 2.12. The lowest BCUT2D eigenvalue weighted by atomic mass is 10.0. The molecule has 106 valence electrons. The van der Waals surface area contributed by atoms with E-state index in [1.54, 1.807) is 0 Å². The molecule has 4 nitrogen and oxygen atoms in total. The van der Waals surface area contributed by atoms with Crippen LogP contribution < -0.4 is 0 Å². The van der Waals surface area contributed by atoms with Crippen LogP contribution in [0.25, 0.3) is 0 Å². The van der Waals surface area contributed by atoms with Gasteiger partial charge in [0.25, 0.3) is 10.1 Å². The molecular formula is C14H20O4S. The number of rotatable bonds is 7. The third kappa shape index (κ3) is 6.50. The van der Waals surface area contributed by atoms with Crippen LogP contribution >= 0.6 is 0 Å². The van der Waals surface area contributed by atoms with E-state index in [0.717, 1.165) is 18.2 Å². The van der Waals surface area contributed by atoms with Crippen LogP contribution in [0.2, 0.25) is 0 Å². The van der Waals surface area contributed by atoms with E-state index in [1.807, 2.05) is 24.3 Å². The molecule has 0 fully saturated rings. The van der Waals surface area contributed by atoms with Crippen molar-refractivity contribution in [2.45, 2.75) is 32.8 Å². The summed E-state index contributed by atoms with van der Waals surface area (Å²) < 4.78 is 26.7. The molecule has 0 aromatic heterocycles. The van der Waals surface area contributed by atoms with Gasteiger partial charge in [0.2, 0.25) is 0 Å². The van der Waals surface area contributed by atoms with E-state index in [1.165, 1.54) is 5.56 Å². The summed E-state index contributed by atoms with van der Waals surface area (Å²) in [5, 5.41) is 0. The van der Waals surface area contributed by atoms with Crippen molar-refractivity contribution < 1.29 is 17.4 Å². The molecule has 1 rings (SSSR count). The van der Waals surface area contributed by atoms with Gasteiger partial charge in [-0.15, -0.1) is 0 Å². The first-order valence-electron chi connectivity index (χ1n) is 6.21. The van der Waals surface area contributed by atoms with Crippen molar-refractivity contribution in [2.24, 2.45) is 5.92 Å². The zero-order valence-corrected chi connectivity index (χ0v) is 12.3. The molecule has 19 heavy (non-hydrogen) atoms. The average molecular weight is 284 g/mol. The van der Waals surface area contributed by atoms with E-state index in [2.05, 4.69) is 18.0 Å². The van der Waals surface area contributed by atoms with Gasteiger partial charge in [0, 0.05) is 6.42 Å². The fraction of sp³-hybridized carbons (Fsp3) is 0.500. The Morgan fingerprint density at radius 1 is 1.11 bits per heavy atom. The van der Waals surface area contributed by atoms with Gasteiger partial charge >= 0.3 is 0 Å². The van der Waals surface area contributed by atoms with Gasteiger partial charge < -0.3 is 4.79 Å². The molecule has 0 aliphatic heterocycles. The van der Waals surface area contributed by atoms with Gasteiger partial charge in [0.05, 0.1) is 6.26 Å². The summed E-state index contributed by atoms with van der Waals surface area (Å²) >= 11 is 0. The van der Waals surface area contributed by atoms with E-state index in [9.17, 15) is 13.2 Å². The molecule has 1 atom stereocenters. The number of hydrogen-bond acceptors (Lipinski definition) is 4. The van der Waals surface area contributed by atoms with Crippen LogP contribution in [0.5, 0.6) is 0 Å². The van der Waals surface area contributed by atoms with Crippen molar-refractivity contribution in [3.05, 3.63) is 35.4 Å².